The molecule has 0 amide bonds. The van der Waals surface area contributed by atoms with E-state index in [2.05, 4.69) is 13.8 Å². The minimum absolute atomic E-state index is 0.407. The van der Waals surface area contributed by atoms with Gasteiger partial charge in [0.05, 0.1) is 0 Å². The molecule has 2 atom stereocenters. The van der Waals surface area contributed by atoms with E-state index >= 15 is 0 Å². The van der Waals surface area contributed by atoms with E-state index in [9.17, 15) is 5.11 Å². The molecule has 0 radical (unpaired) electrons. The maximum Gasteiger partial charge on any atom is 0.123 e. The SMILES string of the molecule is CCCC1SCSC1(O)CCC. The van der Waals surface area contributed by atoms with Crippen molar-refractivity contribution in [1.82, 2.24) is 0 Å². The van der Waals surface area contributed by atoms with Crippen molar-refractivity contribution in [3.63, 3.8) is 0 Å². The fourth-order valence-electron chi connectivity index (χ4n) is 1.60. The highest BCUT2D eigenvalue weighted by Gasteiger charge is 2.40. The van der Waals surface area contributed by atoms with Crippen LogP contribution in [-0.2, 0) is 0 Å². The molecule has 2 unspecified atom stereocenters. The lowest BCUT2D eigenvalue weighted by atomic mass is 10.1. The monoisotopic (exact) mass is 206 g/mol. The second kappa shape index (κ2) is 4.77. The van der Waals surface area contributed by atoms with Gasteiger partial charge in [-0.05, 0) is 12.8 Å². The Morgan fingerprint density at radius 3 is 2.75 bits per heavy atom. The van der Waals surface area contributed by atoms with E-state index in [4.69, 9.17) is 0 Å². The van der Waals surface area contributed by atoms with Gasteiger partial charge in [0.2, 0.25) is 0 Å². The van der Waals surface area contributed by atoms with Crippen molar-refractivity contribution in [2.45, 2.75) is 49.7 Å². The van der Waals surface area contributed by atoms with Crippen LogP contribution in [0.1, 0.15) is 39.5 Å². The van der Waals surface area contributed by atoms with Crippen LogP contribution in [0.4, 0.5) is 0 Å². The Morgan fingerprint density at radius 2 is 2.17 bits per heavy atom. The molecule has 1 N–H and O–H groups in total. The van der Waals surface area contributed by atoms with Crippen molar-refractivity contribution >= 4 is 23.5 Å². The summed E-state index contributed by atoms with van der Waals surface area (Å²) >= 11 is 3.66. The van der Waals surface area contributed by atoms with Crippen molar-refractivity contribution in [3.05, 3.63) is 0 Å². The first-order valence-electron chi connectivity index (χ1n) is 4.71. The lowest BCUT2D eigenvalue weighted by Gasteiger charge is -2.27. The molecule has 0 aromatic carbocycles. The first-order chi connectivity index (χ1) is 5.73. The van der Waals surface area contributed by atoms with Crippen LogP contribution in [0.15, 0.2) is 0 Å². The maximum atomic E-state index is 10.2. The summed E-state index contributed by atoms with van der Waals surface area (Å²) in [7, 11) is 0. The molecule has 1 fully saturated rings. The van der Waals surface area contributed by atoms with Gasteiger partial charge >= 0.3 is 0 Å². The summed E-state index contributed by atoms with van der Waals surface area (Å²) in [5, 5.41) is 11.8. The van der Waals surface area contributed by atoms with Crippen LogP contribution < -0.4 is 0 Å². The molecule has 1 rings (SSSR count). The third kappa shape index (κ3) is 2.33. The minimum atomic E-state index is -0.407. The Kier molecular flexibility index (Phi) is 4.27. The molecule has 0 aromatic heterocycles. The Labute approximate surface area is 83.7 Å². The Balaban J connectivity index is 2.48. The highest BCUT2D eigenvalue weighted by molar-refractivity contribution is 8.20. The summed E-state index contributed by atoms with van der Waals surface area (Å²) in [6, 6.07) is 0. The molecule has 72 valence electrons. The second-order valence-electron chi connectivity index (χ2n) is 3.30. The van der Waals surface area contributed by atoms with Gasteiger partial charge < -0.3 is 5.11 Å². The Bertz CT molecular complexity index is 140. The van der Waals surface area contributed by atoms with Crippen LogP contribution in [0.25, 0.3) is 0 Å². The smallest absolute Gasteiger partial charge is 0.123 e. The zero-order valence-corrected chi connectivity index (χ0v) is 9.51. The second-order valence-corrected chi connectivity index (χ2v) is 6.14. The van der Waals surface area contributed by atoms with Crippen LogP contribution in [0.2, 0.25) is 0 Å². The maximum absolute atomic E-state index is 10.2. The highest BCUT2D eigenvalue weighted by atomic mass is 32.2. The van der Waals surface area contributed by atoms with Crippen LogP contribution in [-0.4, -0.2) is 20.4 Å². The molecule has 12 heavy (non-hydrogen) atoms. The van der Waals surface area contributed by atoms with Gasteiger partial charge in [0.1, 0.15) is 4.93 Å². The molecule has 0 saturated carbocycles. The van der Waals surface area contributed by atoms with Crippen molar-refractivity contribution in [1.29, 1.82) is 0 Å². The Hall–Kier alpha value is 0.660. The fraction of sp³-hybridized carbons (Fsp3) is 1.00. The molecule has 1 saturated heterocycles. The average molecular weight is 206 g/mol. The van der Waals surface area contributed by atoms with Crippen molar-refractivity contribution in [2.24, 2.45) is 0 Å². The average Bonchev–Trinajstić information content (AvgIpc) is 2.35. The minimum Gasteiger partial charge on any atom is -0.378 e. The largest absolute Gasteiger partial charge is 0.378 e. The molecule has 1 nitrogen and oxygen atoms in total. The molecular formula is C9H18OS2. The quantitative estimate of drug-likeness (QED) is 0.763. The zero-order chi connectivity index (χ0) is 9.03. The molecule has 0 spiro atoms. The number of hydrogen-bond donors (Lipinski definition) is 1. The van der Waals surface area contributed by atoms with E-state index in [1.807, 2.05) is 11.8 Å². The van der Waals surface area contributed by atoms with E-state index in [-0.39, 0.29) is 0 Å². The third-order valence-corrected chi connectivity index (χ3v) is 5.42. The van der Waals surface area contributed by atoms with Crippen LogP contribution in [0.5, 0.6) is 0 Å². The first-order valence-corrected chi connectivity index (χ1v) is 6.74. The van der Waals surface area contributed by atoms with Gasteiger partial charge in [0, 0.05) is 10.3 Å². The van der Waals surface area contributed by atoms with Crippen molar-refractivity contribution < 1.29 is 5.11 Å². The fourth-order valence-corrected chi connectivity index (χ4v) is 5.19. The summed E-state index contributed by atoms with van der Waals surface area (Å²) in [5.74, 6) is 0. The van der Waals surface area contributed by atoms with Gasteiger partial charge in [-0.3, -0.25) is 0 Å². The predicted octanol–water partition coefficient (Wildman–Crippen LogP) is 3.08. The lowest BCUT2D eigenvalue weighted by Crippen LogP contribution is -2.32. The van der Waals surface area contributed by atoms with Gasteiger partial charge in [-0.1, -0.05) is 26.7 Å². The predicted molar refractivity (Wildman–Crippen MR) is 58.6 cm³/mol. The standard InChI is InChI=1S/C9H18OS2/c1-3-5-8-9(10,6-4-2)12-7-11-8/h8,10H,3-7H2,1-2H3. The van der Waals surface area contributed by atoms with Gasteiger partial charge in [-0.15, -0.1) is 23.5 Å². The number of aliphatic hydroxyl groups is 1. The summed E-state index contributed by atoms with van der Waals surface area (Å²) < 4.78 is 0. The van der Waals surface area contributed by atoms with Gasteiger partial charge in [0.15, 0.2) is 0 Å². The number of hydrogen-bond acceptors (Lipinski definition) is 3. The van der Waals surface area contributed by atoms with Gasteiger partial charge in [0.25, 0.3) is 0 Å². The van der Waals surface area contributed by atoms with Crippen molar-refractivity contribution in [2.75, 3.05) is 5.08 Å². The first kappa shape index (κ1) is 10.7. The molecule has 1 aliphatic rings. The van der Waals surface area contributed by atoms with E-state index < -0.39 is 4.93 Å². The molecule has 0 bridgehead atoms. The van der Waals surface area contributed by atoms with E-state index in [1.54, 1.807) is 11.8 Å². The molecule has 1 aliphatic heterocycles. The van der Waals surface area contributed by atoms with Crippen molar-refractivity contribution in [3.8, 4) is 0 Å². The topological polar surface area (TPSA) is 20.2 Å². The lowest BCUT2D eigenvalue weighted by molar-refractivity contribution is 0.123. The zero-order valence-electron chi connectivity index (χ0n) is 7.88. The molecule has 3 heteroatoms. The van der Waals surface area contributed by atoms with E-state index in [0.29, 0.717) is 5.25 Å². The highest BCUT2D eigenvalue weighted by Crippen LogP contribution is 2.48. The summed E-state index contributed by atoms with van der Waals surface area (Å²) in [6.07, 6.45) is 4.39. The molecule has 0 aromatic rings. The van der Waals surface area contributed by atoms with Gasteiger partial charge in [-0.25, -0.2) is 0 Å². The van der Waals surface area contributed by atoms with Crippen LogP contribution >= 0.6 is 23.5 Å². The van der Waals surface area contributed by atoms with Crippen LogP contribution in [0, 0.1) is 0 Å². The summed E-state index contributed by atoms with van der Waals surface area (Å²) in [5.41, 5.74) is 0. The molecule has 0 aliphatic carbocycles. The summed E-state index contributed by atoms with van der Waals surface area (Å²) in [6.45, 7) is 4.33. The van der Waals surface area contributed by atoms with E-state index in [1.165, 1.54) is 6.42 Å². The van der Waals surface area contributed by atoms with Crippen LogP contribution in [0.3, 0.4) is 0 Å². The number of thioether (sulfide) groups is 2. The number of rotatable bonds is 4. The Morgan fingerprint density at radius 1 is 1.42 bits per heavy atom. The van der Waals surface area contributed by atoms with E-state index in [0.717, 1.165) is 24.3 Å². The van der Waals surface area contributed by atoms with Gasteiger partial charge in [-0.2, -0.15) is 0 Å². The molecule has 1 heterocycles. The third-order valence-electron chi connectivity index (χ3n) is 2.24. The summed E-state index contributed by atoms with van der Waals surface area (Å²) in [4.78, 5) is -0.407. The molecular weight excluding hydrogens is 188 g/mol. The normalized spacial score (nSPS) is 35.8.